The van der Waals surface area contributed by atoms with Crippen molar-refractivity contribution in [2.24, 2.45) is 5.92 Å². The summed E-state index contributed by atoms with van der Waals surface area (Å²) in [4.78, 5) is 17.0. The molecule has 6 nitrogen and oxygen atoms in total. The van der Waals surface area contributed by atoms with Gasteiger partial charge in [0.05, 0.1) is 31.5 Å². The number of rotatable bonds is 3. The molecule has 1 aromatic carbocycles. The SMILES string of the molecule is O=C(C1CCN(Cc2cc(Cl)c3c(c2)OCCCO3)CC1)N1CCOCC1. The maximum Gasteiger partial charge on any atom is 0.225 e. The first-order chi connectivity index (χ1) is 13.2. The van der Waals surface area contributed by atoms with Crippen molar-refractivity contribution in [2.75, 3.05) is 52.6 Å². The minimum atomic E-state index is 0.145. The Morgan fingerprint density at radius 3 is 2.56 bits per heavy atom. The summed E-state index contributed by atoms with van der Waals surface area (Å²) in [5.74, 6) is 1.85. The van der Waals surface area contributed by atoms with Gasteiger partial charge in [0.2, 0.25) is 5.91 Å². The number of fused-ring (bicyclic) bond motifs is 1. The smallest absolute Gasteiger partial charge is 0.225 e. The van der Waals surface area contributed by atoms with Gasteiger partial charge in [-0.2, -0.15) is 0 Å². The number of morpholine rings is 1. The summed E-state index contributed by atoms with van der Waals surface area (Å²) in [5, 5.41) is 0.613. The molecule has 27 heavy (non-hydrogen) atoms. The number of carbonyl (C=O) groups excluding carboxylic acids is 1. The predicted octanol–water partition coefficient (Wildman–Crippen LogP) is 2.57. The summed E-state index contributed by atoms with van der Waals surface area (Å²) >= 11 is 6.40. The molecule has 3 aliphatic rings. The Morgan fingerprint density at radius 1 is 1.04 bits per heavy atom. The molecule has 4 rings (SSSR count). The van der Waals surface area contributed by atoms with Gasteiger partial charge in [-0.1, -0.05) is 11.6 Å². The summed E-state index contributed by atoms with van der Waals surface area (Å²) in [6.45, 7) is 6.74. The van der Waals surface area contributed by atoms with Crippen molar-refractivity contribution >= 4 is 17.5 Å². The lowest BCUT2D eigenvalue weighted by atomic mass is 9.94. The largest absolute Gasteiger partial charge is 0.489 e. The standard InChI is InChI=1S/C20H27ClN2O4/c21-17-12-15(13-18-19(17)27-9-1-8-26-18)14-22-4-2-16(3-5-22)20(24)23-6-10-25-11-7-23/h12-13,16H,1-11,14H2. The van der Waals surface area contributed by atoms with Crippen molar-refractivity contribution in [3.8, 4) is 11.5 Å². The van der Waals surface area contributed by atoms with Crippen LogP contribution in [0.3, 0.4) is 0 Å². The molecule has 2 saturated heterocycles. The lowest BCUT2D eigenvalue weighted by Crippen LogP contribution is -2.46. The van der Waals surface area contributed by atoms with Gasteiger partial charge < -0.3 is 19.1 Å². The molecule has 3 aliphatic heterocycles. The van der Waals surface area contributed by atoms with Crippen molar-refractivity contribution in [2.45, 2.75) is 25.8 Å². The van der Waals surface area contributed by atoms with Crippen LogP contribution in [0, 0.1) is 5.92 Å². The summed E-state index contributed by atoms with van der Waals surface area (Å²) in [5.41, 5.74) is 1.13. The number of piperidine rings is 1. The molecule has 0 spiro atoms. The van der Waals surface area contributed by atoms with Crippen LogP contribution in [0.2, 0.25) is 5.02 Å². The van der Waals surface area contributed by atoms with Crippen LogP contribution in [0.15, 0.2) is 12.1 Å². The molecule has 3 heterocycles. The van der Waals surface area contributed by atoms with Crippen molar-refractivity contribution < 1.29 is 19.0 Å². The zero-order valence-corrected chi connectivity index (χ0v) is 16.4. The van der Waals surface area contributed by atoms with Gasteiger partial charge in [0.1, 0.15) is 0 Å². The number of amides is 1. The maximum absolute atomic E-state index is 12.7. The Balaban J connectivity index is 1.33. The normalized spacial score (nSPS) is 21.7. The van der Waals surface area contributed by atoms with Gasteiger partial charge in [-0.3, -0.25) is 9.69 Å². The Kier molecular flexibility index (Phi) is 6.05. The molecule has 148 valence electrons. The topological polar surface area (TPSA) is 51.2 Å². The second-order valence-electron chi connectivity index (χ2n) is 7.44. The van der Waals surface area contributed by atoms with E-state index in [1.165, 1.54) is 0 Å². The zero-order chi connectivity index (χ0) is 18.6. The summed E-state index contributed by atoms with van der Waals surface area (Å²) in [6, 6.07) is 4.01. The number of carbonyl (C=O) groups is 1. The second kappa shape index (κ2) is 8.67. The van der Waals surface area contributed by atoms with Crippen LogP contribution in [0.1, 0.15) is 24.8 Å². The van der Waals surface area contributed by atoms with Gasteiger partial charge in [-0.25, -0.2) is 0 Å². The molecular weight excluding hydrogens is 368 g/mol. The molecule has 2 fully saturated rings. The number of nitrogens with zero attached hydrogens (tertiary/aromatic N) is 2. The molecule has 1 amide bonds. The van der Waals surface area contributed by atoms with E-state index in [1.807, 2.05) is 17.0 Å². The van der Waals surface area contributed by atoms with Crippen molar-refractivity contribution in [3.05, 3.63) is 22.7 Å². The first-order valence-electron chi connectivity index (χ1n) is 9.87. The Hall–Kier alpha value is -1.50. The van der Waals surface area contributed by atoms with E-state index in [9.17, 15) is 4.79 Å². The minimum absolute atomic E-state index is 0.145. The highest BCUT2D eigenvalue weighted by Crippen LogP contribution is 2.38. The van der Waals surface area contributed by atoms with Gasteiger partial charge in [-0.05, 0) is 43.6 Å². The molecule has 0 atom stereocenters. The second-order valence-corrected chi connectivity index (χ2v) is 7.85. The molecule has 0 N–H and O–H groups in total. The van der Waals surface area contributed by atoms with Crippen LogP contribution in [0.5, 0.6) is 11.5 Å². The Bertz CT molecular complexity index is 670. The predicted molar refractivity (Wildman–Crippen MR) is 102 cm³/mol. The number of likely N-dealkylation sites (tertiary alicyclic amines) is 1. The van der Waals surface area contributed by atoms with Gasteiger partial charge >= 0.3 is 0 Å². The first-order valence-corrected chi connectivity index (χ1v) is 10.3. The van der Waals surface area contributed by atoms with Crippen molar-refractivity contribution in [1.82, 2.24) is 9.80 Å². The van der Waals surface area contributed by atoms with Crippen LogP contribution in [0.25, 0.3) is 0 Å². The van der Waals surface area contributed by atoms with E-state index in [4.69, 9.17) is 25.8 Å². The molecule has 0 saturated carbocycles. The molecule has 7 heteroatoms. The third-order valence-electron chi connectivity index (χ3n) is 5.53. The summed E-state index contributed by atoms with van der Waals surface area (Å²) in [7, 11) is 0. The van der Waals surface area contributed by atoms with Gasteiger partial charge in [0, 0.05) is 32.0 Å². The van der Waals surface area contributed by atoms with Gasteiger partial charge in [-0.15, -0.1) is 0 Å². The fourth-order valence-corrected chi connectivity index (χ4v) is 4.30. The van der Waals surface area contributed by atoms with E-state index in [0.29, 0.717) is 43.1 Å². The molecule has 1 aromatic rings. The number of hydrogen-bond acceptors (Lipinski definition) is 5. The number of halogens is 1. The van der Waals surface area contributed by atoms with E-state index in [1.54, 1.807) is 0 Å². The molecule has 0 unspecified atom stereocenters. The van der Waals surface area contributed by atoms with E-state index < -0.39 is 0 Å². The summed E-state index contributed by atoms with van der Waals surface area (Å²) < 4.78 is 16.8. The monoisotopic (exact) mass is 394 g/mol. The quantitative estimate of drug-likeness (QED) is 0.788. The fourth-order valence-electron chi connectivity index (χ4n) is 4.01. The number of ether oxygens (including phenoxy) is 3. The average molecular weight is 395 g/mol. The molecule has 0 aliphatic carbocycles. The highest BCUT2D eigenvalue weighted by atomic mass is 35.5. The van der Waals surface area contributed by atoms with Crippen molar-refractivity contribution in [1.29, 1.82) is 0 Å². The maximum atomic E-state index is 12.7. The highest BCUT2D eigenvalue weighted by Gasteiger charge is 2.29. The molecule has 0 bridgehead atoms. The van der Waals surface area contributed by atoms with Crippen LogP contribution in [-0.4, -0.2) is 68.3 Å². The first kappa shape index (κ1) is 18.8. The Labute approximate surface area is 165 Å². The number of benzene rings is 1. The highest BCUT2D eigenvalue weighted by molar-refractivity contribution is 6.32. The molecule has 0 radical (unpaired) electrons. The minimum Gasteiger partial charge on any atom is -0.489 e. The lowest BCUT2D eigenvalue weighted by Gasteiger charge is -2.35. The lowest BCUT2D eigenvalue weighted by molar-refractivity contribution is -0.141. The number of hydrogen-bond donors (Lipinski definition) is 0. The van der Waals surface area contributed by atoms with Gasteiger partial charge in [0.25, 0.3) is 0 Å². The van der Waals surface area contributed by atoms with Crippen LogP contribution in [0.4, 0.5) is 0 Å². The van der Waals surface area contributed by atoms with Crippen LogP contribution < -0.4 is 9.47 Å². The van der Waals surface area contributed by atoms with E-state index in [2.05, 4.69) is 4.90 Å². The van der Waals surface area contributed by atoms with Crippen LogP contribution >= 0.6 is 11.6 Å². The fraction of sp³-hybridized carbons (Fsp3) is 0.650. The molecule has 0 aromatic heterocycles. The molecular formula is C20H27ClN2O4. The van der Waals surface area contributed by atoms with Gasteiger partial charge in [0.15, 0.2) is 11.5 Å². The average Bonchev–Trinajstić information content (AvgIpc) is 2.95. The van der Waals surface area contributed by atoms with Crippen molar-refractivity contribution in [3.63, 3.8) is 0 Å². The van der Waals surface area contributed by atoms with E-state index in [0.717, 1.165) is 63.3 Å². The Morgan fingerprint density at radius 2 is 1.78 bits per heavy atom. The van der Waals surface area contributed by atoms with E-state index in [-0.39, 0.29) is 5.92 Å². The third kappa shape index (κ3) is 4.50. The van der Waals surface area contributed by atoms with Crippen LogP contribution in [-0.2, 0) is 16.1 Å². The summed E-state index contributed by atoms with van der Waals surface area (Å²) in [6.07, 6.45) is 2.69. The van der Waals surface area contributed by atoms with E-state index >= 15 is 0 Å². The third-order valence-corrected chi connectivity index (χ3v) is 5.81. The zero-order valence-electron chi connectivity index (χ0n) is 15.6.